The number of carbonyl (C=O) groups is 2. The smallest absolute Gasteiger partial charge is 0.346 e. The van der Waals surface area contributed by atoms with Gasteiger partial charge in [-0.1, -0.05) is 103 Å². The summed E-state index contributed by atoms with van der Waals surface area (Å²) in [5.41, 5.74) is 11.2. The second kappa shape index (κ2) is 18.8. The maximum atomic E-state index is 11.2. The summed E-state index contributed by atoms with van der Waals surface area (Å²) >= 11 is 2.88. The van der Waals surface area contributed by atoms with Crippen LogP contribution in [0.1, 0.15) is 43.1 Å². The van der Waals surface area contributed by atoms with Crippen LogP contribution in [0.5, 0.6) is 0 Å². The number of rotatable bonds is 13. The Morgan fingerprint density at radius 1 is 0.574 bits per heavy atom. The molecule has 0 amide bonds. The summed E-state index contributed by atoms with van der Waals surface area (Å²) in [6, 6.07) is 49.1. The van der Waals surface area contributed by atoms with Crippen LogP contribution in [-0.2, 0) is 9.59 Å². The Kier molecular flexibility index (Phi) is 12.8. The first-order chi connectivity index (χ1) is 29.6. The van der Waals surface area contributed by atoms with E-state index in [0.29, 0.717) is 4.88 Å². The van der Waals surface area contributed by atoms with E-state index in [2.05, 4.69) is 127 Å². The topological polar surface area (TPSA) is 106 Å². The Balaban J connectivity index is 1.04. The number of benzene rings is 5. The van der Waals surface area contributed by atoms with Crippen molar-refractivity contribution in [3.05, 3.63) is 205 Å². The molecule has 296 valence electrons. The lowest BCUT2D eigenvalue weighted by Crippen LogP contribution is -2.10. The molecule has 0 atom stereocenters. The van der Waals surface area contributed by atoms with Gasteiger partial charge in [0.05, 0.1) is 6.57 Å². The van der Waals surface area contributed by atoms with Gasteiger partial charge in [0.1, 0.15) is 11.6 Å². The molecule has 7 rings (SSSR count). The van der Waals surface area contributed by atoms with Crippen molar-refractivity contribution in [3.8, 4) is 27.0 Å². The van der Waals surface area contributed by atoms with Crippen molar-refractivity contribution in [2.24, 2.45) is 0 Å². The molecule has 0 radical (unpaired) electrons. The van der Waals surface area contributed by atoms with Gasteiger partial charge in [-0.3, -0.25) is 4.79 Å². The zero-order valence-electron chi connectivity index (χ0n) is 33.1. The van der Waals surface area contributed by atoms with Crippen molar-refractivity contribution < 1.29 is 19.8 Å². The lowest BCUT2D eigenvalue weighted by molar-refractivity contribution is -0.133. The average Bonchev–Trinajstić information content (AvgIpc) is 3.96. The molecule has 0 unspecified atom stereocenters. The van der Waals surface area contributed by atoms with E-state index < -0.39 is 11.9 Å². The van der Waals surface area contributed by atoms with Gasteiger partial charge >= 0.3 is 11.9 Å². The van der Waals surface area contributed by atoms with E-state index in [-0.39, 0.29) is 11.3 Å². The van der Waals surface area contributed by atoms with Gasteiger partial charge in [-0.15, -0.1) is 22.7 Å². The van der Waals surface area contributed by atoms with Crippen LogP contribution < -0.4 is 4.90 Å². The minimum Gasteiger partial charge on any atom is -0.486 e. The predicted molar refractivity (Wildman–Crippen MR) is 251 cm³/mol. The number of carboxylic acids is 2. The lowest BCUT2D eigenvalue weighted by atomic mass is 10.1. The van der Waals surface area contributed by atoms with Gasteiger partial charge in [-0.05, 0) is 131 Å². The van der Waals surface area contributed by atoms with Crippen molar-refractivity contribution in [2.45, 2.75) is 13.8 Å². The molecule has 2 heterocycles. The molecule has 0 saturated carbocycles. The van der Waals surface area contributed by atoms with Gasteiger partial charge in [0.25, 0.3) is 5.70 Å². The highest BCUT2D eigenvalue weighted by Gasteiger charge is 2.14. The summed E-state index contributed by atoms with van der Waals surface area (Å²) in [5, 5.41) is 27.4. The van der Waals surface area contributed by atoms with E-state index in [0.717, 1.165) is 65.1 Å². The van der Waals surface area contributed by atoms with E-state index in [4.69, 9.17) is 16.9 Å². The average molecular weight is 832 g/mol. The van der Waals surface area contributed by atoms with Crippen LogP contribution >= 0.6 is 22.7 Å². The standard InChI is InChI=1S/C52H37N3O4S2/c1-34-4-21-45(30-35(34)2)55(43-22-13-38(14-23-43)7-5-36-9-17-40(18-10-36)49-28-26-46(60-49)31-42(33-53)51(56)57)44-24-15-39(16-25-44)8-6-37-11-19-41(20-12-37)50-29-27-47(61-50)32-48(54-3)52(58)59/h4-32H,1-2H3,(H,56,57)(H,58,59). The third-order valence-electron chi connectivity index (χ3n) is 9.89. The number of anilines is 3. The predicted octanol–water partition coefficient (Wildman–Crippen LogP) is 13.9. The van der Waals surface area contributed by atoms with Gasteiger partial charge < -0.3 is 15.1 Å². The molecule has 0 bridgehead atoms. The van der Waals surface area contributed by atoms with Gasteiger partial charge in [-0.25, -0.2) is 9.64 Å². The van der Waals surface area contributed by atoms with Crippen molar-refractivity contribution >= 4 is 88.1 Å². The molecule has 61 heavy (non-hydrogen) atoms. The molecule has 0 fully saturated rings. The van der Waals surface area contributed by atoms with E-state index in [1.165, 1.54) is 46.0 Å². The first-order valence-electron chi connectivity index (χ1n) is 19.1. The quantitative estimate of drug-likeness (QED) is 0.0519. The number of nitrogens with zero attached hydrogens (tertiary/aromatic N) is 3. The fraction of sp³-hybridized carbons (Fsp3) is 0.0385. The third-order valence-corrected chi connectivity index (χ3v) is 12.1. The molecule has 2 aromatic heterocycles. The van der Waals surface area contributed by atoms with Crippen LogP contribution in [0.4, 0.5) is 17.1 Å². The first-order valence-corrected chi connectivity index (χ1v) is 20.7. The molecule has 0 aliphatic rings. The number of carboxylic acid groups (broad SMARTS) is 2. The van der Waals surface area contributed by atoms with Crippen LogP contribution in [0.3, 0.4) is 0 Å². The Bertz CT molecular complexity index is 2760. The van der Waals surface area contributed by atoms with Crippen molar-refractivity contribution in [2.75, 3.05) is 4.90 Å². The highest BCUT2D eigenvalue weighted by molar-refractivity contribution is 7.16. The van der Waals surface area contributed by atoms with Crippen molar-refractivity contribution in [1.82, 2.24) is 0 Å². The lowest BCUT2D eigenvalue weighted by Gasteiger charge is -2.26. The molecule has 2 N–H and O–H groups in total. The van der Waals surface area contributed by atoms with Crippen molar-refractivity contribution in [3.63, 3.8) is 0 Å². The second-order valence-corrected chi connectivity index (χ2v) is 16.3. The fourth-order valence-electron chi connectivity index (χ4n) is 6.41. The highest BCUT2D eigenvalue weighted by Crippen LogP contribution is 2.37. The van der Waals surface area contributed by atoms with Crippen LogP contribution in [0.2, 0.25) is 0 Å². The molecule has 7 aromatic rings. The molecule has 0 aliphatic heterocycles. The fourth-order valence-corrected chi connectivity index (χ4v) is 8.32. The van der Waals surface area contributed by atoms with Gasteiger partial charge in [0.2, 0.25) is 0 Å². The van der Waals surface area contributed by atoms with Gasteiger partial charge in [-0.2, -0.15) is 5.26 Å². The molecule has 0 spiro atoms. The van der Waals surface area contributed by atoms with E-state index in [1.54, 1.807) is 6.07 Å². The maximum Gasteiger partial charge on any atom is 0.346 e. The summed E-state index contributed by atoms with van der Waals surface area (Å²) in [6.45, 7) is 11.3. The third kappa shape index (κ3) is 10.3. The minimum atomic E-state index is -1.24. The number of thiophene rings is 2. The summed E-state index contributed by atoms with van der Waals surface area (Å²) in [4.78, 5) is 31.2. The Hall–Kier alpha value is -7.82. The zero-order chi connectivity index (χ0) is 42.9. The highest BCUT2D eigenvalue weighted by atomic mass is 32.1. The zero-order valence-corrected chi connectivity index (χ0v) is 34.7. The van der Waals surface area contributed by atoms with Crippen LogP contribution in [-0.4, -0.2) is 22.2 Å². The van der Waals surface area contributed by atoms with E-state index in [1.807, 2.05) is 60.7 Å². The van der Waals surface area contributed by atoms with Gasteiger partial charge in [0, 0.05) is 36.6 Å². The van der Waals surface area contributed by atoms with E-state index in [9.17, 15) is 14.7 Å². The maximum absolute atomic E-state index is 11.2. The first kappa shape index (κ1) is 41.3. The molecule has 0 aliphatic carbocycles. The van der Waals surface area contributed by atoms with Crippen molar-refractivity contribution in [1.29, 1.82) is 5.26 Å². The van der Waals surface area contributed by atoms with Crippen LogP contribution in [0.15, 0.2) is 151 Å². The molecular formula is C52H37N3O4S2. The van der Waals surface area contributed by atoms with E-state index >= 15 is 0 Å². The summed E-state index contributed by atoms with van der Waals surface area (Å²) in [5.74, 6) is -2.46. The van der Waals surface area contributed by atoms with Crippen LogP contribution in [0.25, 0.3) is 62.2 Å². The second-order valence-electron chi connectivity index (χ2n) is 14.0. The molecule has 7 nitrogen and oxygen atoms in total. The molecular weight excluding hydrogens is 795 g/mol. The summed E-state index contributed by atoms with van der Waals surface area (Å²) < 4.78 is 0. The molecule has 0 saturated heterocycles. The monoisotopic (exact) mass is 831 g/mol. The largest absolute Gasteiger partial charge is 0.486 e. The number of hydrogen-bond acceptors (Lipinski definition) is 6. The Labute approximate surface area is 362 Å². The minimum absolute atomic E-state index is 0.291. The Morgan fingerprint density at radius 2 is 1.00 bits per heavy atom. The summed E-state index contributed by atoms with van der Waals surface area (Å²) in [7, 11) is 0. The Morgan fingerprint density at radius 3 is 1.39 bits per heavy atom. The number of nitriles is 1. The SMILES string of the molecule is [C-]#[N+]C(=Cc1ccc(-c2ccc(C=Cc3ccc(N(c4ccc(C=Cc5ccc(-c6ccc(C=C(C#N)C(=O)O)s6)cc5)cc4)c4ccc(C)c(C)c4)cc3)cc2)s1)C(=O)O. The normalized spacial score (nSPS) is 11.7. The molecule has 5 aromatic carbocycles. The number of aryl methyl sites for hydroxylation is 2. The number of aliphatic carboxylic acids is 2. The van der Waals surface area contributed by atoms with Gasteiger partial charge in [0.15, 0.2) is 0 Å². The molecule has 9 heteroatoms. The number of hydrogen-bond donors (Lipinski definition) is 2. The van der Waals surface area contributed by atoms with Crippen LogP contribution in [0, 0.1) is 31.8 Å². The summed E-state index contributed by atoms with van der Waals surface area (Å²) in [6.07, 6.45) is 11.1.